The van der Waals surface area contributed by atoms with Crippen molar-refractivity contribution < 1.29 is 46.0 Å². The fraction of sp³-hybridized carbons (Fsp3) is 0.391. The first-order chi connectivity index (χ1) is 18.5. The first-order valence-corrected chi connectivity index (χ1v) is 13.6. The first-order valence-electron chi connectivity index (χ1n) is 11.3. The number of aromatic nitrogens is 3. The summed E-state index contributed by atoms with van der Waals surface area (Å²) < 4.78 is 85.9. The van der Waals surface area contributed by atoms with Crippen molar-refractivity contribution in [2.24, 2.45) is 0 Å². The van der Waals surface area contributed by atoms with E-state index in [-0.39, 0.29) is 39.4 Å². The van der Waals surface area contributed by atoms with E-state index in [1.807, 2.05) is 0 Å². The molecule has 0 aliphatic carbocycles. The van der Waals surface area contributed by atoms with Crippen molar-refractivity contribution >= 4 is 33.0 Å². The number of sulfone groups is 1. The molecule has 3 aromatic rings. The van der Waals surface area contributed by atoms with Crippen LogP contribution in [0.25, 0.3) is 11.3 Å². The Hall–Kier alpha value is -2.30. The Bertz CT molecular complexity index is 1420. The van der Waals surface area contributed by atoms with Gasteiger partial charge in [0, 0.05) is 12.7 Å². The number of aliphatic hydroxyl groups is 2. The lowest BCUT2D eigenvalue weighted by molar-refractivity contribution is -0.197. The van der Waals surface area contributed by atoms with Crippen LogP contribution in [0.15, 0.2) is 41.4 Å². The van der Waals surface area contributed by atoms with Gasteiger partial charge >= 0.3 is 0 Å². The second-order valence-corrected chi connectivity index (χ2v) is 11.3. The maximum Gasteiger partial charge on any atom is 0.207 e. The summed E-state index contributed by atoms with van der Waals surface area (Å²) in [4.78, 5) is -0.273. The lowest BCUT2D eigenvalue weighted by Gasteiger charge is -2.43. The molecule has 0 unspecified atom stereocenters. The maximum atomic E-state index is 13.8. The molecular formula is C23H22Cl2F3N3O7S. The van der Waals surface area contributed by atoms with Gasteiger partial charge in [0.2, 0.25) is 9.84 Å². The summed E-state index contributed by atoms with van der Waals surface area (Å²) in [7, 11) is -3.02. The minimum atomic E-state index is -4.41. The summed E-state index contributed by atoms with van der Waals surface area (Å²) in [5.41, 5.74) is -2.09. The molecule has 4 rings (SSSR count). The lowest BCUT2D eigenvalue weighted by Crippen LogP contribution is -2.59. The van der Waals surface area contributed by atoms with Crippen molar-refractivity contribution in [3.63, 3.8) is 0 Å². The van der Waals surface area contributed by atoms with E-state index in [1.54, 1.807) is 0 Å². The number of halogens is 5. The van der Waals surface area contributed by atoms with E-state index in [1.165, 1.54) is 19.2 Å². The highest BCUT2D eigenvalue weighted by Crippen LogP contribution is 2.38. The van der Waals surface area contributed by atoms with Crippen LogP contribution in [0.3, 0.4) is 0 Å². The van der Waals surface area contributed by atoms with Crippen molar-refractivity contribution in [1.82, 2.24) is 15.0 Å². The zero-order valence-corrected chi connectivity index (χ0v) is 22.4. The zero-order chi connectivity index (χ0) is 28.5. The third-order valence-corrected chi connectivity index (χ3v) is 8.68. The Morgan fingerprint density at radius 2 is 1.79 bits per heavy atom. The molecular weight excluding hydrogens is 590 g/mol. The third-order valence-electron chi connectivity index (χ3n) is 6.04. The highest BCUT2D eigenvalue weighted by atomic mass is 35.5. The van der Waals surface area contributed by atoms with Crippen LogP contribution in [-0.4, -0.2) is 84.3 Å². The van der Waals surface area contributed by atoms with Crippen LogP contribution >= 0.6 is 23.2 Å². The molecule has 1 fully saturated rings. The molecule has 0 saturated carbocycles. The molecule has 0 spiro atoms. The van der Waals surface area contributed by atoms with E-state index in [0.29, 0.717) is 12.1 Å². The van der Waals surface area contributed by atoms with E-state index in [9.17, 15) is 31.8 Å². The summed E-state index contributed by atoms with van der Waals surface area (Å²) in [6.45, 7) is -0.883. The Balaban J connectivity index is 1.79. The molecule has 1 aromatic heterocycles. The van der Waals surface area contributed by atoms with E-state index in [4.69, 9.17) is 37.4 Å². The van der Waals surface area contributed by atoms with Crippen molar-refractivity contribution in [2.45, 2.75) is 34.7 Å². The predicted octanol–water partition coefficient (Wildman–Crippen LogP) is 2.79. The number of methoxy groups -OCH3 is 1. The Labute approximate surface area is 230 Å². The molecule has 0 amide bonds. The molecule has 0 radical (unpaired) electrons. The summed E-state index contributed by atoms with van der Waals surface area (Å²) in [6, 6.07) is 3.67. The minimum absolute atomic E-state index is 0.0407. The van der Waals surface area contributed by atoms with Gasteiger partial charge in [-0.1, -0.05) is 28.4 Å². The van der Waals surface area contributed by atoms with E-state index in [0.717, 1.165) is 16.9 Å². The van der Waals surface area contributed by atoms with Crippen molar-refractivity contribution in [3.8, 4) is 11.3 Å². The first kappa shape index (κ1) is 29.7. The van der Waals surface area contributed by atoms with Crippen LogP contribution in [0.4, 0.5) is 13.2 Å². The number of aliphatic hydroxyl groups excluding tert-OH is 2. The maximum absolute atomic E-state index is 13.8. The quantitative estimate of drug-likeness (QED) is 0.277. The van der Waals surface area contributed by atoms with Gasteiger partial charge in [-0.05, 0) is 30.3 Å². The molecule has 2 heterocycles. The fourth-order valence-electron chi connectivity index (χ4n) is 4.10. The number of nitrogens with zero attached hydrogens (tertiary/aromatic N) is 3. The van der Waals surface area contributed by atoms with Gasteiger partial charge < -0.3 is 24.4 Å². The number of rotatable bonds is 9. The fourth-order valence-corrected chi connectivity index (χ4v) is 6.16. The van der Waals surface area contributed by atoms with E-state index in [2.05, 4.69) is 10.3 Å². The summed E-state index contributed by atoms with van der Waals surface area (Å²) >= 11 is 12.0. The molecule has 16 heteroatoms. The molecule has 212 valence electrons. The zero-order valence-electron chi connectivity index (χ0n) is 20.0. The van der Waals surface area contributed by atoms with Crippen LogP contribution < -0.4 is 0 Å². The van der Waals surface area contributed by atoms with Crippen molar-refractivity contribution in [3.05, 3.63) is 64.0 Å². The molecule has 5 atom stereocenters. The topological polar surface area (TPSA) is 133 Å². The summed E-state index contributed by atoms with van der Waals surface area (Å²) in [5, 5.41) is 28.8. The third kappa shape index (κ3) is 5.93. The molecule has 39 heavy (non-hydrogen) atoms. The smallest absolute Gasteiger partial charge is 0.207 e. The monoisotopic (exact) mass is 611 g/mol. The molecule has 1 aliphatic heterocycles. The summed E-state index contributed by atoms with van der Waals surface area (Å²) in [5.74, 6) is -4.59. The highest BCUT2D eigenvalue weighted by Gasteiger charge is 2.52. The molecule has 1 aliphatic rings. The van der Waals surface area contributed by atoms with Gasteiger partial charge in [-0.25, -0.2) is 26.3 Å². The van der Waals surface area contributed by atoms with Crippen LogP contribution in [0, 0.1) is 17.5 Å². The van der Waals surface area contributed by atoms with Crippen LogP contribution in [0.5, 0.6) is 0 Å². The Morgan fingerprint density at radius 3 is 2.41 bits per heavy atom. The van der Waals surface area contributed by atoms with Gasteiger partial charge in [0.25, 0.3) is 0 Å². The normalized spacial score (nSPS) is 23.7. The number of hydrogen-bond donors (Lipinski definition) is 2. The second kappa shape index (κ2) is 12.1. The average molecular weight is 612 g/mol. The lowest BCUT2D eigenvalue weighted by atomic mass is 9.97. The molecule has 0 bridgehead atoms. The standard InChI is InChI=1S/C23H22Cl2F3N3O7S/c1-36-4-5-37-22-20(31-9-17(29-30-31)11-6-15(26)19(28)16(27)7-11)21(33)18(10-32)38-23(22)39(34,35)12-2-3-13(24)14(25)8-12/h2-3,6-9,18,20-23,32-33H,4-5,10H2,1H3/t18-,20+,21+,22-,23-/m1/s1. The SMILES string of the molecule is COCCO[C@@H]1[C@@H](n2cc(-c3cc(F)c(F)c(F)c3)nn2)[C@@H](O)[C@@H](CO)O[C@@H]1S(=O)(=O)c1ccc(Cl)c(Cl)c1. The molecule has 2 aromatic carbocycles. The van der Waals surface area contributed by atoms with Crippen LogP contribution in [0.1, 0.15) is 6.04 Å². The second-order valence-electron chi connectivity index (χ2n) is 8.49. The Kier molecular flexibility index (Phi) is 9.18. The van der Waals surface area contributed by atoms with Crippen LogP contribution in [-0.2, 0) is 24.0 Å². The highest BCUT2D eigenvalue weighted by molar-refractivity contribution is 7.92. The number of hydrogen-bond acceptors (Lipinski definition) is 9. The van der Waals surface area contributed by atoms with E-state index >= 15 is 0 Å². The number of benzene rings is 2. The number of ether oxygens (including phenoxy) is 3. The van der Waals surface area contributed by atoms with Gasteiger partial charge in [-0.3, -0.25) is 0 Å². The van der Waals surface area contributed by atoms with Crippen LogP contribution in [0.2, 0.25) is 10.0 Å². The summed E-state index contributed by atoms with van der Waals surface area (Å²) in [6.07, 6.45) is -3.31. The molecule has 2 N–H and O–H groups in total. The van der Waals surface area contributed by atoms with Gasteiger partial charge in [0.05, 0.1) is 41.0 Å². The minimum Gasteiger partial charge on any atom is -0.394 e. The molecule has 1 saturated heterocycles. The predicted molar refractivity (Wildman–Crippen MR) is 131 cm³/mol. The van der Waals surface area contributed by atoms with Gasteiger partial charge in [0.1, 0.15) is 30.0 Å². The van der Waals surface area contributed by atoms with E-state index < -0.39 is 63.7 Å². The average Bonchev–Trinajstić information content (AvgIpc) is 3.38. The largest absolute Gasteiger partial charge is 0.394 e. The van der Waals surface area contributed by atoms with Gasteiger partial charge in [-0.2, -0.15) is 0 Å². The van der Waals surface area contributed by atoms with Crippen molar-refractivity contribution in [2.75, 3.05) is 26.9 Å². The van der Waals surface area contributed by atoms with Gasteiger partial charge in [-0.15, -0.1) is 5.10 Å². The van der Waals surface area contributed by atoms with Crippen molar-refractivity contribution in [1.29, 1.82) is 0 Å². The van der Waals surface area contributed by atoms with Gasteiger partial charge in [0.15, 0.2) is 22.9 Å². The molecule has 10 nitrogen and oxygen atoms in total. The Morgan fingerprint density at radius 1 is 1.10 bits per heavy atom.